The van der Waals surface area contributed by atoms with Gasteiger partial charge in [0.1, 0.15) is 6.61 Å². The molecule has 6 nitrogen and oxygen atoms in total. The Morgan fingerprint density at radius 2 is 2.05 bits per heavy atom. The van der Waals surface area contributed by atoms with E-state index in [0.29, 0.717) is 26.1 Å². The average molecular weight is 277 g/mol. The zero-order valence-electron chi connectivity index (χ0n) is 11.3. The molecule has 1 saturated carbocycles. The Morgan fingerprint density at radius 3 is 2.75 bits per heavy atom. The lowest BCUT2D eigenvalue weighted by molar-refractivity contribution is -0.312. The third-order valence-electron chi connectivity index (χ3n) is 3.55. The topological polar surface area (TPSA) is 87.5 Å². The van der Waals surface area contributed by atoms with Gasteiger partial charge in [-0.1, -0.05) is 35.4 Å². The lowest BCUT2D eigenvalue weighted by atomic mass is 9.85. The zero-order valence-corrected chi connectivity index (χ0v) is 11.3. The van der Waals surface area contributed by atoms with Crippen LogP contribution in [0, 0.1) is 5.92 Å². The third-order valence-corrected chi connectivity index (χ3v) is 3.55. The van der Waals surface area contributed by atoms with Gasteiger partial charge in [0.05, 0.1) is 18.8 Å². The maximum absolute atomic E-state index is 9.84. The van der Waals surface area contributed by atoms with Gasteiger partial charge < -0.3 is 5.11 Å². The Balaban J connectivity index is 1.64. The molecule has 3 atom stereocenters. The van der Waals surface area contributed by atoms with Crippen LogP contribution >= 0.6 is 0 Å². The summed E-state index contributed by atoms with van der Waals surface area (Å²) in [5.74, 6) is 0.242. The van der Waals surface area contributed by atoms with Crippen LogP contribution in [0.1, 0.15) is 24.8 Å². The molecule has 0 radical (unpaired) electrons. The zero-order chi connectivity index (χ0) is 14.2. The van der Waals surface area contributed by atoms with Gasteiger partial charge in [-0.15, -0.1) is 0 Å². The van der Waals surface area contributed by atoms with E-state index in [4.69, 9.17) is 15.3 Å². The molecule has 1 aromatic carbocycles. The highest BCUT2D eigenvalue weighted by Gasteiger charge is 2.28. The second-order valence-corrected chi connectivity index (χ2v) is 5.05. The van der Waals surface area contributed by atoms with Gasteiger partial charge in [0.25, 0.3) is 0 Å². The summed E-state index contributed by atoms with van der Waals surface area (Å²) in [6.45, 7) is 0.865. The Morgan fingerprint density at radius 1 is 1.25 bits per heavy atom. The minimum Gasteiger partial charge on any atom is -0.393 e. The van der Waals surface area contributed by atoms with Crippen molar-refractivity contribution in [3.63, 3.8) is 0 Å². The third kappa shape index (κ3) is 4.51. The van der Waals surface area contributed by atoms with Crippen molar-refractivity contribution in [1.29, 1.82) is 0 Å². The van der Waals surface area contributed by atoms with Crippen LogP contribution in [0.25, 0.3) is 10.4 Å². The predicted octanol–water partition coefficient (Wildman–Crippen LogP) is 2.97. The molecule has 0 bridgehead atoms. The van der Waals surface area contributed by atoms with Crippen molar-refractivity contribution in [2.75, 3.05) is 6.61 Å². The fraction of sp³-hybridized carbons (Fsp3) is 0.571. The van der Waals surface area contributed by atoms with Crippen LogP contribution in [0.15, 0.2) is 35.4 Å². The number of aliphatic hydroxyl groups is 1. The monoisotopic (exact) mass is 277 g/mol. The van der Waals surface area contributed by atoms with Crippen molar-refractivity contribution in [3.8, 4) is 0 Å². The summed E-state index contributed by atoms with van der Waals surface area (Å²) in [6.07, 6.45) is 1.56. The van der Waals surface area contributed by atoms with Crippen LogP contribution in [0.3, 0.4) is 0 Å². The lowest BCUT2D eigenvalue weighted by Crippen LogP contribution is -2.33. The van der Waals surface area contributed by atoms with E-state index in [1.165, 1.54) is 0 Å². The molecule has 0 aliphatic heterocycles. The molecule has 0 heterocycles. The number of benzene rings is 1. The van der Waals surface area contributed by atoms with E-state index >= 15 is 0 Å². The number of rotatable bonds is 6. The fourth-order valence-corrected chi connectivity index (χ4v) is 2.40. The molecule has 20 heavy (non-hydrogen) atoms. The molecule has 0 aromatic heterocycles. The molecule has 108 valence electrons. The van der Waals surface area contributed by atoms with E-state index in [2.05, 4.69) is 10.0 Å². The highest BCUT2D eigenvalue weighted by molar-refractivity contribution is 5.13. The number of nitrogens with zero attached hydrogens (tertiary/aromatic N) is 3. The van der Waals surface area contributed by atoms with Crippen molar-refractivity contribution in [2.24, 2.45) is 11.0 Å². The summed E-state index contributed by atoms with van der Waals surface area (Å²) in [5.41, 5.74) is 9.44. The lowest BCUT2D eigenvalue weighted by Gasteiger charge is -2.29. The maximum Gasteiger partial charge on any atom is 0.107 e. The van der Waals surface area contributed by atoms with Crippen molar-refractivity contribution in [3.05, 3.63) is 46.3 Å². The van der Waals surface area contributed by atoms with E-state index in [0.717, 1.165) is 12.0 Å². The summed E-state index contributed by atoms with van der Waals surface area (Å²) in [5, 5.41) is 13.4. The molecule has 0 spiro atoms. The quantitative estimate of drug-likeness (QED) is 0.216. The van der Waals surface area contributed by atoms with E-state index < -0.39 is 6.10 Å². The molecule has 0 amide bonds. The maximum atomic E-state index is 9.84. The van der Waals surface area contributed by atoms with Crippen molar-refractivity contribution in [2.45, 2.75) is 38.0 Å². The van der Waals surface area contributed by atoms with Gasteiger partial charge in [0.15, 0.2) is 0 Å². The Bertz CT molecular complexity index is 448. The summed E-state index contributed by atoms with van der Waals surface area (Å²) in [7, 11) is 0. The molecule has 1 N–H and O–H groups in total. The molecule has 0 unspecified atom stereocenters. The first-order chi connectivity index (χ1) is 9.79. The molecule has 0 saturated heterocycles. The standard InChI is InChI=1S/C14H19N3O3/c15-17-16-13-7-6-12(8-14(13)18)10-20-19-9-11-4-2-1-3-5-11/h1-5,12-14,18H,6-10H2/t12-,13+,14+/m1/s1. The van der Waals surface area contributed by atoms with Crippen LogP contribution in [-0.4, -0.2) is 23.9 Å². The molecule has 1 aliphatic rings. The molecule has 1 aromatic rings. The average Bonchev–Trinajstić information content (AvgIpc) is 2.48. The summed E-state index contributed by atoms with van der Waals surface area (Å²) in [6, 6.07) is 9.49. The fourth-order valence-electron chi connectivity index (χ4n) is 2.40. The Labute approximate surface area is 117 Å². The van der Waals surface area contributed by atoms with E-state index in [-0.39, 0.29) is 12.0 Å². The molecule has 1 fully saturated rings. The van der Waals surface area contributed by atoms with Gasteiger partial charge in [0.2, 0.25) is 0 Å². The largest absolute Gasteiger partial charge is 0.393 e. The first kappa shape index (κ1) is 14.8. The van der Waals surface area contributed by atoms with Crippen LogP contribution in [0.2, 0.25) is 0 Å². The molecule has 2 rings (SSSR count). The van der Waals surface area contributed by atoms with Gasteiger partial charge in [-0.3, -0.25) is 0 Å². The van der Waals surface area contributed by atoms with Crippen LogP contribution in [0.4, 0.5) is 0 Å². The van der Waals surface area contributed by atoms with Crippen molar-refractivity contribution in [1.82, 2.24) is 0 Å². The molecular weight excluding hydrogens is 258 g/mol. The van der Waals surface area contributed by atoms with Crippen molar-refractivity contribution < 1.29 is 14.9 Å². The van der Waals surface area contributed by atoms with Gasteiger partial charge in [0, 0.05) is 4.91 Å². The van der Waals surface area contributed by atoms with Crippen LogP contribution in [0.5, 0.6) is 0 Å². The Hall–Kier alpha value is -1.59. The van der Waals surface area contributed by atoms with Crippen LogP contribution < -0.4 is 0 Å². The number of hydrogen-bond donors (Lipinski definition) is 1. The summed E-state index contributed by atoms with van der Waals surface area (Å²) < 4.78 is 0. The SMILES string of the molecule is [N-]=[N+]=N[C@H]1CC[C@@H](COOCc2ccccc2)C[C@@H]1O. The first-order valence-corrected chi connectivity index (χ1v) is 6.80. The normalized spacial score (nSPS) is 25.9. The number of aliphatic hydroxyl groups excluding tert-OH is 1. The van der Waals surface area contributed by atoms with Crippen molar-refractivity contribution >= 4 is 0 Å². The minimum absolute atomic E-state index is 0.242. The van der Waals surface area contributed by atoms with Gasteiger partial charge in [-0.05, 0) is 36.3 Å². The number of hydrogen-bond acceptors (Lipinski definition) is 4. The van der Waals surface area contributed by atoms with Crippen LogP contribution in [-0.2, 0) is 16.4 Å². The van der Waals surface area contributed by atoms with Gasteiger partial charge in [-0.2, -0.15) is 0 Å². The van der Waals surface area contributed by atoms with E-state index in [1.54, 1.807) is 0 Å². The molecule has 6 heteroatoms. The second kappa shape index (κ2) is 7.87. The predicted molar refractivity (Wildman–Crippen MR) is 73.5 cm³/mol. The van der Waals surface area contributed by atoms with Gasteiger partial charge in [-0.25, -0.2) is 9.78 Å². The van der Waals surface area contributed by atoms with Gasteiger partial charge >= 0.3 is 0 Å². The van der Waals surface area contributed by atoms with E-state index in [9.17, 15) is 5.11 Å². The highest BCUT2D eigenvalue weighted by Crippen LogP contribution is 2.27. The first-order valence-electron chi connectivity index (χ1n) is 6.80. The molecule has 1 aliphatic carbocycles. The number of azide groups is 1. The smallest absolute Gasteiger partial charge is 0.107 e. The summed E-state index contributed by atoms with van der Waals surface area (Å²) >= 11 is 0. The minimum atomic E-state index is -0.581. The Kier molecular flexibility index (Phi) is 5.83. The molecular formula is C14H19N3O3. The second-order valence-electron chi connectivity index (χ2n) is 5.05. The summed E-state index contributed by atoms with van der Waals surface area (Å²) in [4.78, 5) is 13.1. The van der Waals surface area contributed by atoms with E-state index in [1.807, 2.05) is 30.3 Å². The highest BCUT2D eigenvalue weighted by atomic mass is 17.2.